The Hall–Kier alpha value is -8.70. The number of carbonyl (C=O) groups excluding carboxylic acids is 8. The lowest BCUT2D eigenvalue weighted by atomic mass is 10.3. The third-order valence-corrected chi connectivity index (χ3v) is 9.74. The number of esters is 1. The Balaban J connectivity index is 0.944. The summed E-state index contributed by atoms with van der Waals surface area (Å²) in [5, 5.41) is 18.8. The van der Waals surface area contributed by atoms with Gasteiger partial charge >= 0.3 is 5.97 Å². The number of hydrogen-bond donors (Lipinski definition) is 7. The Morgan fingerprint density at radius 2 is 0.877 bits per heavy atom. The van der Waals surface area contributed by atoms with Crippen LogP contribution in [0.5, 0.6) is 0 Å². The van der Waals surface area contributed by atoms with E-state index in [0.717, 1.165) is 0 Å². The molecule has 0 saturated heterocycles. The van der Waals surface area contributed by atoms with E-state index < -0.39 is 41.4 Å². The molecule has 6 aromatic heterocycles. The van der Waals surface area contributed by atoms with Crippen LogP contribution in [0.15, 0.2) is 61.4 Å². The predicted octanol–water partition coefficient (Wildman–Crippen LogP) is 2.41. The first-order chi connectivity index (χ1) is 30.8. The maximum Gasteiger partial charge on any atom is 0.354 e. The van der Waals surface area contributed by atoms with Crippen molar-refractivity contribution in [2.24, 2.45) is 42.3 Å². The van der Waals surface area contributed by atoms with Gasteiger partial charge in [0.25, 0.3) is 29.5 Å². The van der Waals surface area contributed by atoms with Crippen LogP contribution in [0.4, 0.5) is 34.4 Å². The maximum absolute atomic E-state index is 13.2. The van der Waals surface area contributed by atoms with Crippen LogP contribution in [0, 0.1) is 0 Å². The highest BCUT2D eigenvalue weighted by molar-refractivity contribution is 6.08. The van der Waals surface area contributed by atoms with Gasteiger partial charge in [0.1, 0.15) is 22.8 Å². The fourth-order valence-corrected chi connectivity index (χ4v) is 6.68. The molecule has 0 atom stereocenters. The third kappa shape index (κ3) is 10.9. The summed E-state index contributed by atoms with van der Waals surface area (Å²) in [6, 6.07) is 5.93. The van der Waals surface area contributed by atoms with Gasteiger partial charge in [0.15, 0.2) is 11.6 Å². The number of hydrogen-bond acceptors (Lipinski definition) is 11. The average molecular weight is 894 g/mol. The molecule has 340 valence electrons. The smallest absolute Gasteiger partial charge is 0.354 e. The molecule has 0 unspecified atom stereocenters. The molecule has 0 aliphatic rings. The molecule has 0 aromatic carbocycles. The van der Waals surface area contributed by atoms with Crippen molar-refractivity contribution >= 4 is 81.7 Å². The largest absolute Gasteiger partial charge is 0.464 e. The number of aryl methyl sites for hydroxylation is 6. The van der Waals surface area contributed by atoms with Crippen molar-refractivity contribution in [3.05, 3.63) is 95.9 Å². The van der Waals surface area contributed by atoms with Gasteiger partial charge in [0.2, 0.25) is 23.5 Å². The van der Waals surface area contributed by atoms with Crippen molar-refractivity contribution in [3.63, 3.8) is 0 Å². The van der Waals surface area contributed by atoms with Gasteiger partial charge in [-0.05, 0) is 30.7 Å². The highest BCUT2D eigenvalue weighted by Crippen LogP contribution is 2.21. The van der Waals surface area contributed by atoms with E-state index in [4.69, 9.17) is 4.74 Å². The molecule has 65 heavy (non-hydrogen) atoms. The Bertz CT molecular complexity index is 2870. The number of rotatable bonds is 16. The zero-order valence-electron chi connectivity index (χ0n) is 36.6. The maximum atomic E-state index is 13.2. The fraction of sp³-hybridized carbons (Fsp3) is 0.268. The van der Waals surface area contributed by atoms with Gasteiger partial charge in [-0.1, -0.05) is 0 Å². The first-order valence-electron chi connectivity index (χ1n) is 19.7. The molecule has 0 saturated carbocycles. The number of anilines is 6. The monoisotopic (exact) mass is 893 g/mol. The summed E-state index contributed by atoms with van der Waals surface area (Å²) in [6.07, 6.45) is 9.48. The number of nitrogens with zero attached hydrogens (tertiary/aromatic N) is 8. The first kappa shape index (κ1) is 45.8. The zero-order chi connectivity index (χ0) is 47.3. The third-order valence-electron chi connectivity index (χ3n) is 9.74. The van der Waals surface area contributed by atoms with Crippen LogP contribution >= 0.6 is 0 Å². The van der Waals surface area contributed by atoms with Crippen molar-refractivity contribution in [3.8, 4) is 0 Å². The van der Waals surface area contributed by atoms with Crippen LogP contribution < -0.4 is 37.2 Å². The lowest BCUT2D eigenvalue weighted by Crippen LogP contribution is -2.27. The highest BCUT2D eigenvalue weighted by atomic mass is 16.5. The molecule has 0 spiro atoms. The zero-order valence-corrected chi connectivity index (χ0v) is 36.6. The Kier molecular flexibility index (Phi) is 13.5. The molecule has 0 radical (unpaired) electrons. The summed E-state index contributed by atoms with van der Waals surface area (Å²) in [4.78, 5) is 110. The van der Waals surface area contributed by atoms with Crippen LogP contribution in [0.3, 0.4) is 0 Å². The number of imidazole rings is 2. The molecule has 24 nitrogen and oxygen atoms in total. The number of amides is 7. The molecular formula is C41H47N15O9. The summed E-state index contributed by atoms with van der Waals surface area (Å²) < 4.78 is 13.7. The summed E-state index contributed by atoms with van der Waals surface area (Å²) in [5.41, 5.74) is 2.28. The second kappa shape index (κ2) is 19.1. The number of nitrogens with one attached hydrogen (secondary N) is 7. The van der Waals surface area contributed by atoms with E-state index in [-0.39, 0.29) is 71.4 Å². The van der Waals surface area contributed by atoms with Crippen molar-refractivity contribution in [2.45, 2.75) is 19.8 Å². The SMILES string of the molecule is COC(=O)c1cc(NC(=O)c2cc(NC(=O)c3nc(NC(=O)CCCNC(=O)c4cc(NC(=O)c5cc(NC(=O)c6nc(NC(C)=O)cn6C)cn5C)cn4C)cn3C)cn2C)cn1C. The number of ether oxygens (including phenoxy) is 1. The number of methoxy groups -OCH3 is 1. The van der Waals surface area contributed by atoms with Gasteiger partial charge in [-0.25, -0.2) is 14.8 Å². The van der Waals surface area contributed by atoms with Crippen LogP contribution in [0.1, 0.15) is 83.0 Å². The van der Waals surface area contributed by atoms with Gasteiger partial charge in [-0.2, -0.15) is 0 Å². The van der Waals surface area contributed by atoms with Crippen molar-refractivity contribution < 1.29 is 43.1 Å². The predicted molar refractivity (Wildman–Crippen MR) is 236 cm³/mol. The molecule has 6 aromatic rings. The standard InChI is InChI=1S/C41H47N15O9/c1-22(57)43-31-20-55(6)34(49-31)39(62)46-24-13-28(52(3)17-24)37(60)44-23-12-27(51(2)16-23)36(59)42-11-9-10-33(58)48-32-21-56(7)35(50-32)40(63)47-25-14-29(53(4)18-25)38(61)45-26-15-30(41(64)65-8)54(5)19-26/h12-21H,9-11H2,1-8H3,(H,42,59)(H,43,57)(H,44,60)(H,45,61)(H,46,62)(H,47,63)(H,48,58). The Morgan fingerprint density at radius 1 is 0.492 bits per heavy atom. The quantitative estimate of drug-likeness (QED) is 0.0547. The number of carbonyl (C=O) groups is 8. The van der Waals surface area contributed by atoms with Crippen LogP contribution in [-0.2, 0) is 56.6 Å². The fourth-order valence-electron chi connectivity index (χ4n) is 6.68. The van der Waals surface area contributed by atoms with Crippen molar-refractivity contribution in [1.29, 1.82) is 0 Å². The second-order valence-corrected chi connectivity index (χ2v) is 14.9. The lowest BCUT2D eigenvalue weighted by molar-refractivity contribution is -0.116. The van der Waals surface area contributed by atoms with Gasteiger partial charge in [-0.3, -0.25) is 33.6 Å². The van der Waals surface area contributed by atoms with Crippen LogP contribution in [0.2, 0.25) is 0 Å². The lowest BCUT2D eigenvalue weighted by Gasteiger charge is -2.06. The molecule has 7 N–H and O–H groups in total. The average Bonchev–Trinajstić information content (AvgIpc) is 4.09. The minimum absolute atomic E-state index is 0.0151. The Labute approximate surface area is 370 Å². The molecule has 0 aliphatic heterocycles. The van der Waals surface area contributed by atoms with E-state index in [1.165, 1.54) is 78.1 Å². The van der Waals surface area contributed by atoms with E-state index in [1.807, 2.05) is 0 Å². The van der Waals surface area contributed by atoms with Gasteiger partial charge in [0.05, 0.1) is 29.9 Å². The van der Waals surface area contributed by atoms with E-state index in [0.29, 0.717) is 22.7 Å². The molecule has 0 bridgehead atoms. The highest BCUT2D eigenvalue weighted by Gasteiger charge is 2.22. The van der Waals surface area contributed by atoms with E-state index >= 15 is 0 Å². The molecule has 0 fully saturated rings. The normalized spacial score (nSPS) is 10.8. The molecule has 6 heterocycles. The topological polar surface area (TPSA) is 285 Å². The molecule has 6 rings (SSSR count). The van der Waals surface area contributed by atoms with Crippen molar-refractivity contribution in [2.75, 3.05) is 45.6 Å². The van der Waals surface area contributed by atoms with E-state index in [9.17, 15) is 38.4 Å². The molecular weight excluding hydrogens is 847 g/mol. The van der Waals surface area contributed by atoms with Crippen molar-refractivity contribution in [1.82, 2.24) is 42.7 Å². The summed E-state index contributed by atoms with van der Waals surface area (Å²) in [7, 11) is 11.0. The molecule has 7 amide bonds. The second-order valence-electron chi connectivity index (χ2n) is 14.9. The number of aromatic nitrogens is 8. The van der Waals surface area contributed by atoms with E-state index in [1.54, 1.807) is 67.1 Å². The van der Waals surface area contributed by atoms with Gasteiger partial charge in [-0.15, -0.1) is 0 Å². The van der Waals surface area contributed by atoms with Gasteiger partial charge < -0.3 is 69.4 Å². The molecule has 24 heteroatoms. The van der Waals surface area contributed by atoms with E-state index in [2.05, 4.69) is 47.2 Å². The summed E-state index contributed by atoms with van der Waals surface area (Å²) >= 11 is 0. The first-order valence-corrected chi connectivity index (χ1v) is 19.7. The van der Waals surface area contributed by atoms with Gasteiger partial charge in [0, 0.05) is 99.4 Å². The minimum Gasteiger partial charge on any atom is -0.464 e. The summed E-state index contributed by atoms with van der Waals surface area (Å²) in [5.74, 6) is -3.50. The minimum atomic E-state index is -0.597. The van der Waals surface area contributed by atoms with Crippen LogP contribution in [-0.4, -0.2) is 98.3 Å². The molecule has 0 aliphatic carbocycles. The van der Waals surface area contributed by atoms with Crippen LogP contribution in [0.25, 0.3) is 0 Å². The Morgan fingerprint density at radius 3 is 1.31 bits per heavy atom. The summed E-state index contributed by atoms with van der Waals surface area (Å²) in [6.45, 7) is 1.48.